The van der Waals surface area contributed by atoms with Gasteiger partial charge in [-0.3, -0.25) is 0 Å². The van der Waals surface area contributed by atoms with Crippen LogP contribution in [-0.4, -0.2) is 0 Å². The summed E-state index contributed by atoms with van der Waals surface area (Å²) in [5.41, 5.74) is 3.12. The molecule has 0 radical (unpaired) electrons. The van der Waals surface area contributed by atoms with Crippen molar-refractivity contribution in [2.24, 2.45) is 10.8 Å². The van der Waals surface area contributed by atoms with Crippen molar-refractivity contribution in [1.82, 2.24) is 0 Å². The van der Waals surface area contributed by atoms with Crippen molar-refractivity contribution in [2.75, 3.05) is 0 Å². The van der Waals surface area contributed by atoms with Gasteiger partial charge >= 0.3 is 0 Å². The monoisotopic (exact) mass is 388 g/mol. The van der Waals surface area contributed by atoms with Crippen LogP contribution in [0.15, 0.2) is 60.7 Å². The van der Waals surface area contributed by atoms with Crippen LogP contribution in [0.1, 0.15) is 52.7 Å². The summed E-state index contributed by atoms with van der Waals surface area (Å²) in [7, 11) is 4.12. The second-order valence-corrected chi connectivity index (χ2v) is 13.2. The predicted octanol–water partition coefficient (Wildman–Crippen LogP) is 7.91. The molecule has 1 heterocycles. The molecule has 1 fully saturated rings. The van der Waals surface area contributed by atoms with Gasteiger partial charge in [0, 0.05) is 0 Å². The smallest absolute Gasteiger partial charge is 0.103 e. The summed E-state index contributed by atoms with van der Waals surface area (Å²) in [6, 6.07) is 22.1. The van der Waals surface area contributed by atoms with E-state index in [1.54, 1.807) is 0 Å². The summed E-state index contributed by atoms with van der Waals surface area (Å²) in [4.78, 5) is 0. The van der Waals surface area contributed by atoms with E-state index in [4.69, 9.17) is 0 Å². The van der Waals surface area contributed by atoms with Crippen LogP contribution < -0.4 is 0 Å². The Labute approximate surface area is 165 Å². The van der Waals surface area contributed by atoms with Gasteiger partial charge in [-0.15, -0.1) is 11.8 Å². The van der Waals surface area contributed by atoms with Gasteiger partial charge in [0.1, 0.15) is 8.16 Å². The van der Waals surface area contributed by atoms with Crippen LogP contribution in [-0.2, 0) is 8.16 Å². The summed E-state index contributed by atoms with van der Waals surface area (Å²) in [6.45, 7) is 14.3. The zero-order valence-corrected chi connectivity index (χ0v) is 18.4. The van der Waals surface area contributed by atoms with Crippen molar-refractivity contribution < 1.29 is 0 Å². The molecule has 2 aromatic carbocycles. The molecule has 134 valence electrons. The van der Waals surface area contributed by atoms with E-state index >= 15 is 0 Å². The molecule has 2 atom stereocenters. The molecule has 0 saturated carbocycles. The van der Waals surface area contributed by atoms with Crippen molar-refractivity contribution in [3.63, 3.8) is 0 Å². The fourth-order valence-electron chi connectivity index (χ4n) is 3.31. The fraction of sp³-hybridized carbons (Fsp3) is 0.455. The average molecular weight is 389 g/mol. The number of hydrogen-bond acceptors (Lipinski definition) is 3. The zero-order valence-electron chi connectivity index (χ0n) is 16.0. The molecule has 3 rings (SSSR count). The van der Waals surface area contributed by atoms with Crippen LogP contribution in [0.25, 0.3) is 0 Å². The minimum atomic E-state index is 0.0159. The summed E-state index contributed by atoms with van der Waals surface area (Å²) in [6.07, 6.45) is 0. The molecule has 0 unspecified atom stereocenters. The molecular formula is C22H28S3. The normalized spacial score (nSPS) is 27.4. The Balaban J connectivity index is 2.18. The quantitative estimate of drug-likeness (QED) is 0.480. The highest BCUT2D eigenvalue weighted by molar-refractivity contribution is 8.83. The second-order valence-electron chi connectivity index (χ2n) is 8.73. The number of hydrogen-bond donors (Lipinski definition) is 0. The SMILES string of the molecule is CC(C)(C)[C@@]1(c2ccccc2)SS[C@@](c2ccccc2)(C(C)(C)C)S1. The van der Waals surface area contributed by atoms with E-state index in [0.717, 1.165) is 0 Å². The van der Waals surface area contributed by atoms with Gasteiger partial charge in [0.15, 0.2) is 0 Å². The third-order valence-electron chi connectivity index (χ3n) is 4.85. The van der Waals surface area contributed by atoms with Gasteiger partial charge in [-0.1, -0.05) is 124 Å². The summed E-state index contributed by atoms with van der Waals surface area (Å²) in [5.74, 6) is 0. The molecule has 0 bridgehead atoms. The summed E-state index contributed by atoms with van der Waals surface area (Å²) < 4.78 is 0.0318. The minimum Gasteiger partial charge on any atom is -0.114 e. The topological polar surface area (TPSA) is 0 Å². The molecule has 3 heteroatoms. The summed E-state index contributed by atoms with van der Waals surface area (Å²) in [5, 5.41) is 0. The van der Waals surface area contributed by atoms with Crippen molar-refractivity contribution >= 4 is 33.3 Å². The standard InChI is InChI=1S/C22H28S3/c1-19(2,3)21(17-13-9-7-10-14-17)23-22(25-24-21,20(4,5)6)18-15-11-8-12-16-18/h7-16H,1-6H3/t21-,22+. The van der Waals surface area contributed by atoms with Crippen LogP contribution in [0.5, 0.6) is 0 Å². The molecule has 0 N–H and O–H groups in total. The molecule has 2 aromatic rings. The van der Waals surface area contributed by atoms with Crippen molar-refractivity contribution in [3.05, 3.63) is 71.8 Å². The molecule has 0 aliphatic carbocycles. The van der Waals surface area contributed by atoms with E-state index in [1.807, 2.05) is 0 Å². The first-order valence-electron chi connectivity index (χ1n) is 8.80. The van der Waals surface area contributed by atoms with Crippen LogP contribution in [0, 0.1) is 10.8 Å². The Kier molecular flexibility index (Phi) is 5.07. The van der Waals surface area contributed by atoms with Crippen LogP contribution in [0.3, 0.4) is 0 Å². The van der Waals surface area contributed by atoms with Gasteiger partial charge in [0.25, 0.3) is 0 Å². The number of benzene rings is 2. The Morgan fingerprint density at radius 2 is 0.880 bits per heavy atom. The lowest BCUT2D eigenvalue weighted by Crippen LogP contribution is -2.37. The molecule has 25 heavy (non-hydrogen) atoms. The van der Waals surface area contributed by atoms with Gasteiger partial charge in [-0.2, -0.15) is 0 Å². The number of thioether (sulfide) groups is 1. The van der Waals surface area contributed by atoms with Crippen molar-refractivity contribution in [1.29, 1.82) is 0 Å². The molecule has 1 aliphatic rings. The first-order chi connectivity index (χ1) is 11.6. The van der Waals surface area contributed by atoms with Crippen molar-refractivity contribution in [3.8, 4) is 0 Å². The van der Waals surface area contributed by atoms with Gasteiger partial charge in [-0.05, 0) is 22.0 Å². The highest BCUT2D eigenvalue weighted by Crippen LogP contribution is 2.80. The maximum Gasteiger partial charge on any atom is 0.103 e. The Bertz CT molecular complexity index is 649. The highest BCUT2D eigenvalue weighted by Gasteiger charge is 2.61. The van der Waals surface area contributed by atoms with Gasteiger partial charge in [-0.25, -0.2) is 0 Å². The van der Waals surface area contributed by atoms with Gasteiger partial charge < -0.3 is 0 Å². The first-order valence-corrected chi connectivity index (χ1v) is 11.8. The molecule has 0 amide bonds. The molecule has 1 saturated heterocycles. The van der Waals surface area contributed by atoms with Gasteiger partial charge in [0.2, 0.25) is 0 Å². The van der Waals surface area contributed by atoms with Crippen LogP contribution in [0.2, 0.25) is 0 Å². The van der Waals surface area contributed by atoms with Gasteiger partial charge in [0.05, 0.1) is 0 Å². The Hall–Kier alpha value is -0.510. The van der Waals surface area contributed by atoms with E-state index in [1.165, 1.54) is 11.1 Å². The third-order valence-corrected chi connectivity index (χ3v) is 12.7. The molecule has 1 aliphatic heterocycles. The Morgan fingerprint density at radius 1 is 0.560 bits per heavy atom. The third kappa shape index (κ3) is 3.17. The predicted molar refractivity (Wildman–Crippen MR) is 118 cm³/mol. The first kappa shape index (κ1) is 19.3. The van der Waals surface area contributed by atoms with E-state index in [0.29, 0.717) is 0 Å². The molecule has 0 nitrogen and oxygen atoms in total. The highest BCUT2D eigenvalue weighted by atomic mass is 33.1. The van der Waals surface area contributed by atoms with Crippen LogP contribution in [0.4, 0.5) is 0 Å². The lowest BCUT2D eigenvalue weighted by atomic mass is 9.85. The Morgan fingerprint density at radius 3 is 1.16 bits per heavy atom. The zero-order chi connectivity index (χ0) is 18.3. The minimum absolute atomic E-state index is 0.0159. The molecule has 0 aromatic heterocycles. The van der Waals surface area contributed by atoms with E-state index in [2.05, 4.69) is 136 Å². The maximum atomic E-state index is 2.38. The maximum absolute atomic E-state index is 2.38. The lowest BCUT2D eigenvalue weighted by molar-refractivity contribution is 0.353. The second kappa shape index (κ2) is 6.58. The largest absolute Gasteiger partial charge is 0.114 e. The molecular weight excluding hydrogens is 360 g/mol. The van der Waals surface area contributed by atoms with E-state index < -0.39 is 0 Å². The lowest BCUT2D eigenvalue weighted by Gasteiger charge is -2.45. The average Bonchev–Trinajstić information content (AvgIpc) is 3.00. The summed E-state index contributed by atoms with van der Waals surface area (Å²) >= 11 is 2.15. The fourth-order valence-corrected chi connectivity index (χ4v) is 11.2. The van der Waals surface area contributed by atoms with Crippen LogP contribution >= 0.6 is 33.3 Å². The van der Waals surface area contributed by atoms with Crippen molar-refractivity contribution in [2.45, 2.75) is 49.7 Å². The molecule has 0 spiro atoms. The van der Waals surface area contributed by atoms with E-state index in [-0.39, 0.29) is 19.0 Å². The number of rotatable bonds is 2. The van der Waals surface area contributed by atoms with E-state index in [9.17, 15) is 0 Å².